The van der Waals surface area contributed by atoms with Crippen LogP contribution < -0.4 is 9.75 Å². The number of hydrogen-bond donors (Lipinski definition) is 1. The van der Waals surface area contributed by atoms with Crippen molar-refractivity contribution in [1.82, 2.24) is 4.98 Å². The van der Waals surface area contributed by atoms with Gasteiger partial charge in [-0.2, -0.15) is 5.10 Å². The van der Waals surface area contributed by atoms with Crippen LogP contribution in [0.2, 0.25) is 0 Å². The summed E-state index contributed by atoms with van der Waals surface area (Å²) in [6.07, 6.45) is 3.34. The van der Waals surface area contributed by atoms with Crippen LogP contribution in [0.25, 0.3) is 11.1 Å². The van der Waals surface area contributed by atoms with Crippen LogP contribution in [0.15, 0.2) is 82.6 Å². The number of halogens is 1. The average Bonchev–Trinajstić information content (AvgIpc) is 3.52. The van der Waals surface area contributed by atoms with E-state index in [1.807, 2.05) is 50.2 Å². The Kier molecular flexibility index (Phi) is 6.25. The Labute approximate surface area is 207 Å². The van der Waals surface area contributed by atoms with E-state index in [1.165, 1.54) is 18.5 Å². The number of aromatic nitrogens is 1. The number of oxazole rings is 1. The smallest absolute Gasteiger partial charge is 0.305 e. The Bertz CT molecular complexity index is 1430. The molecule has 4 aromatic rings. The minimum atomic E-state index is -0.904. The highest BCUT2D eigenvalue weighted by atomic mass is 19.1. The third-order valence-corrected chi connectivity index (χ3v) is 6.03. The number of hydrazone groups is 1. The number of aryl methyl sites for hydroxylation is 2. The quantitative estimate of drug-likeness (QED) is 0.328. The van der Waals surface area contributed by atoms with Gasteiger partial charge in [-0.1, -0.05) is 17.7 Å². The first-order chi connectivity index (χ1) is 17.4. The lowest BCUT2D eigenvalue weighted by molar-refractivity contribution is -0.137. The molecule has 5 rings (SSSR count). The summed E-state index contributed by atoms with van der Waals surface area (Å²) in [5, 5.41) is 15.6. The van der Waals surface area contributed by atoms with Crippen LogP contribution in [-0.2, 0) is 4.79 Å². The molecule has 0 saturated carbocycles. The number of hydrogen-bond acceptors (Lipinski definition) is 6. The van der Waals surface area contributed by atoms with Crippen LogP contribution in [0.3, 0.4) is 0 Å². The van der Waals surface area contributed by atoms with Gasteiger partial charge in [0.1, 0.15) is 29.3 Å². The molecule has 7 nitrogen and oxygen atoms in total. The van der Waals surface area contributed by atoms with E-state index in [2.05, 4.69) is 10.1 Å². The number of carbonyl (C=O) groups is 1. The third kappa shape index (κ3) is 4.84. The van der Waals surface area contributed by atoms with E-state index in [1.54, 1.807) is 23.2 Å². The van der Waals surface area contributed by atoms with Gasteiger partial charge in [0, 0.05) is 12.0 Å². The average molecular weight is 486 g/mol. The molecule has 0 spiro atoms. The zero-order valence-electron chi connectivity index (χ0n) is 19.8. The Morgan fingerprint density at radius 2 is 1.94 bits per heavy atom. The fraction of sp³-hybridized carbons (Fsp3) is 0.179. The number of anilines is 1. The standard InChI is InChI=1S/C28H24FN3O4/c1-17-3-9-24(29)23(13-17)19-4-10-26(18(2)14-19)36-22-7-5-20(6-8-22)32-21(16-27(33)34)15-25(31-32)28-30-11-12-35-28/h3-14,21H,15-16H2,1-2H3,(H,33,34). The van der Waals surface area contributed by atoms with Gasteiger partial charge in [0.25, 0.3) is 0 Å². The van der Waals surface area contributed by atoms with E-state index < -0.39 is 5.97 Å². The summed E-state index contributed by atoms with van der Waals surface area (Å²) in [7, 11) is 0. The van der Waals surface area contributed by atoms with Gasteiger partial charge in [-0.15, -0.1) is 0 Å². The van der Waals surface area contributed by atoms with Gasteiger partial charge in [0.2, 0.25) is 5.89 Å². The molecule has 3 aromatic carbocycles. The van der Waals surface area contributed by atoms with Crippen LogP contribution in [-0.4, -0.2) is 27.8 Å². The van der Waals surface area contributed by atoms with Gasteiger partial charge in [-0.05, 0) is 73.5 Å². The third-order valence-electron chi connectivity index (χ3n) is 6.03. The van der Waals surface area contributed by atoms with Gasteiger partial charge in [0.05, 0.1) is 24.3 Å². The first-order valence-electron chi connectivity index (χ1n) is 11.5. The fourth-order valence-electron chi connectivity index (χ4n) is 4.27. The second-order valence-electron chi connectivity index (χ2n) is 8.74. The SMILES string of the molecule is Cc1ccc(F)c(-c2ccc(Oc3ccc(N4N=C(c5ncco5)CC4CC(=O)O)cc3)c(C)c2)c1. The molecule has 1 aliphatic heterocycles. The summed E-state index contributed by atoms with van der Waals surface area (Å²) in [4.78, 5) is 15.5. The molecule has 1 unspecified atom stereocenters. The Balaban J connectivity index is 1.35. The molecule has 2 heterocycles. The number of benzene rings is 3. The van der Waals surface area contributed by atoms with Crippen LogP contribution >= 0.6 is 0 Å². The molecule has 182 valence electrons. The van der Waals surface area contributed by atoms with Gasteiger partial charge >= 0.3 is 5.97 Å². The number of ether oxygens (including phenoxy) is 1. The van der Waals surface area contributed by atoms with E-state index in [4.69, 9.17) is 9.15 Å². The van der Waals surface area contributed by atoms with Crippen molar-refractivity contribution < 1.29 is 23.4 Å². The maximum atomic E-state index is 14.3. The van der Waals surface area contributed by atoms with Crippen molar-refractivity contribution in [2.24, 2.45) is 5.10 Å². The van der Waals surface area contributed by atoms with Crippen molar-refractivity contribution >= 4 is 17.4 Å². The van der Waals surface area contributed by atoms with E-state index in [0.717, 1.165) is 22.4 Å². The number of carboxylic acid groups (broad SMARTS) is 1. The number of carboxylic acids is 1. The number of aliphatic carboxylic acids is 1. The summed E-state index contributed by atoms with van der Waals surface area (Å²) in [5.41, 5.74) is 4.54. The fourth-order valence-corrected chi connectivity index (χ4v) is 4.27. The molecule has 1 atom stereocenters. The molecule has 8 heteroatoms. The summed E-state index contributed by atoms with van der Waals surface area (Å²) in [6, 6.07) is 17.5. The molecular weight excluding hydrogens is 461 g/mol. The molecule has 1 N–H and O–H groups in total. The first kappa shape index (κ1) is 23.3. The Hall–Kier alpha value is -4.46. The predicted octanol–water partition coefficient (Wildman–Crippen LogP) is 6.35. The summed E-state index contributed by atoms with van der Waals surface area (Å²) in [5.74, 6) is 0.493. The lowest BCUT2D eigenvalue weighted by Crippen LogP contribution is -2.28. The summed E-state index contributed by atoms with van der Waals surface area (Å²) < 4.78 is 25.7. The highest BCUT2D eigenvalue weighted by Crippen LogP contribution is 2.33. The minimum absolute atomic E-state index is 0.0704. The van der Waals surface area contributed by atoms with Crippen molar-refractivity contribution in [2.45, 2.75) is 32.7 Å². The zero-order chi connectivity index (χ0) is 25.2. The Morgan fingerprint density at radius 1 is 1.14 bits per heavy atom. The van der Waals surface area contributed by atoms with Crippen molar-refractivity contribution in [2.75, 3.05) is 5.01 Å². The molecule has 0 radical (unpaired) electrons. The number of rotatable bonds is 7. The van der Waals surface area contributed by atoms with Crippen LogP contribution in [0.1, 0.15) is 29.9 Å². The first-order valence-corrected chi connectivity index (χ1v) is 11.5. The van der Waals surface area contributed by atoms with E-state index in [0.29, 0.717) is 35.1 Å². The second kappa shape index (κ2) is 9.65. The van der Waals surface area contributed by atoms with Crippen molar-refractivity contribution in [3.8, 4) is 22.6 Å². The molecule has 0 aliphatic carbocycles. The molecule has 1 aromatic heterocycles. The molecule has 0 bridgehead atoms. The minimum Gasteiger partial charge on any atom is -0.481 e. The van der Waals surface area contributed by atoms with Gasteiger partial charge < -0.3 is 14.3 Å². The zero-order valence-corrected chi connectivity index (χ0v) is 19.8. The number of nitrogens with zero attached hydrogens (tertiary/aromatic N) is 3. The topological polar surface area (TPSA) is 88.2 Å². The summed E-state index contributed by atoms with van der Waals surface area (Å²) >= 11 is 0. The van der Waals surface area contributed by atoms with Crippen molar-refractivity contribution in [1.29, 1.82) is 0 Å². The molecule has 1 aliphatic rings. The molecule has 0 fully saturated rings. The highest BCUT2D eigenvalue weighted by Gasteiger charge is 2.32. The predicted molar refractivity (Wildman–Crippen MR) is 134 cm³/mol. The monoisotopic (exact) mass is 485 g/mol. The largest absolute Gasteiger partial charge is 0.481 e. The van der Waals surface area contributed by atoms with Gasteiger partial charge in [-0.3, -0.25) is 9.80 Å². The van der Waals surface area contributed by atoms with Crippen LogP contribution in [0.4, 0.5) is 10.1 Å². The highest BCUT2D eigenvalue weighted by molar-refractivity contribution is 6.00. The second-order valence-corrected chi connectivity index (χ2v) is 8.74. The van der Waals surface area contributed by atoms with E-state index in [-0.39, 0.29) is 18.3 Å². The molecule has 0 saturated heterocycles. The molecule has 0 amide bonds. The van der Waals surface area contributed by atoms with Crippen LogP contribution in [0.5, 0.6) is 11.5 Å². The summed E-state index contributed by atoms with van der Waals surface area (Å²) in [6.45, 7) is 3.85. The van der Waals surface area contributed by atoms with Crippen molar-refractivity contribution in [3.05, 3.63) is 96.0 Å². The van der Waals surface area contributed by atoms with Crippen LogP contribution in [0, 0.1) is 19.7 Å². The lowest BCUT2D eigenvalue weighted by Gasteiger charge is -2.22. The maximum Gasteiger partial charge on any atom is 0.305 e. The normalized spacial score (nSPS) is 15.1. The lowest BCUT2D eigenvalue weighted by atomic mass is 10.0. The van der Waals surface area contributed by atoms with E-state index >= 15 is 0 Å². The van der Waals surface area contributed by atoms with Gasteiger partial charge in [0.15, 0.2) is 0 Å². The van der Waals surface area contributed by atoms with Crippen molar-refractivity contribution in [3.63, 3.8) is 0 Å². The molecule has 36 heavy (non-hydrogen) atoms. The molecular formula is C28H24FN3O4. The van der Waals surface area contributed by atoms with Gasteiger partial charge in [-0.25, -0.2) is 9.37 Å². The van der Waals surface area contributed by atoms with E-state index in [9.17, 15) is 14.3 Å². The Morgan fingerprint density at radius 3 is 2.64 bits per heavy atom. The maximum absolute atomic E-state index is 14.3.